The van der Waals surface area contributed by atoms with E-state index in [-0.39, 0.29) is 6.09 Å². The molecule has 1 heterocycles. The minimum Gasteiger partial charge on any atom is -0.444 e. The van der Waals surface area contributed by atoms with Crippen molar-refractivity contribution in [2.75, 3.05) is 13.1 Å². The van der Waals surface area contributed by atoms with E-state index in [4.69, 9.17) is 10.00 Å². The Labute approximate surface area is 134 Å². The van der Waals surface area contributed by atoms with Crippen molar-refractivity contribution in [1.82, 2.24) is 4.90 Å². The van der Waals surface area contributed by atoms with E-state index in [2.05, 4.69) is 6.07 Å². The van der Waals surface area contributed by atoms with Crippen molar-refractivity contribution in [3.8, 4) is 6.07 Å². The number of amides is 1. The van der Waals surface area contributed by atoms with Crippen molar-refractivity contribution in [2.24, 2.45) is 17.8 Å². The van der Waals surface area contributed by atoms with Gasteiger partial charge in [-0.25, -0.2) is 4.79 Å². The van der Waals surface area contributed by atoms with Crippen molar-refractivity contribution in [3.63, 3.8) is 0 Å². The fraction of sp³-hybridized carbons (Fsp3) is 0.889. The summed E-state index contributed by atoms with van der Waals surface area (Å²) in [5, 5.41) is 9.04. The molecule has 2 fully saturated rings. The second-order valence-corrected chi connectivity index (χ2v) is 8.01. The average molecular weight is 306 g/mol. The van der Waals surface area contributed by atoms with E-state index in [9.17, 15) is 4.79 Å². The first-order valence-electron chi connectivity index (χ1n) is 8.74. The Bertz CT molecular complexity index is 416. The number of hydrogen-bond acceptors (Lipinski definition) is 3. The van der Waals surface area contributed by atoms with Crippen LogP contribution in [-0.2, 0) is 4.74 Å². The van der Waals surface area contributed by atoms with Crippen LogP contribution in [0.3, 0.4) is 0 Å². The number of carbonyl (C=O) groups is 1. The van der Waals surface area contributed by atoms with E-state index in [1.54, 1.807) is 0 Å². The molecule has 1 saturated carbocycles. The standard InChI is InChI=1S/C18H30N2O2/c1-18(2,3)22-17(21)20-12-14(9-10-19)11-16(13-20)15-7-5-4-6-8-15/h14-16H,4-9,11-13H2,1-3H3/t14-,16+/m0/s1. The highest BCUT2D eigenvalue weighted by atomic mass is 16.6. The molecule has 2 atom stereocenters. The van der Waals surface area contributed by atoms with Crippen LogP contribution in [0.25, 0.3) is 0 Å². The Morgan fingerprint density at radius 1 is 1.18 bits per heavy atom. The summed E-state index contributed by atoms with van der Waals surface area (Å²) in [6.45, 7) is 7.19. The molecule has 0 aromatic carbocycles. The molecule has 0 aromatic rings. The molecule has 1 amide bonds. The number of hydrogen-bond donors (Lipinski definition) is 0. The summed E-state index contributed by atoms with van der Waals surface area (Å²) in [5.41, 5.74) is -0.459. The first-order chi connectivity index (χ1) is 10.4. The maximum Gasteiger partial charge on any atom is 0.410 e. The van der Waals surface area contributed by atoms with E-state index >= 15 is 0 Å². The number of ether oxygens (including phenoxy) is 1. The molecule has 0 N–H and O–H groups in total. The van der Waals surface area contributed by atoms with Gasteiger partial charge in [0.25, 0.3) is 0 Å². The largest absolute Gasteiger partial charge is 0.444 e. The fourth-order valence-electron chi connectivity index (χ4n) is 3.95. The van der Waals surface area contributed by atoms with Crippen molar-refractivity contribution in [3.05, 3.63) is 0 Å². The molecule has 0 unspecified atom stereocenters. The SMILES string of the molecule is CC(C)(C)OC(=O)N1C[C@@H](CC#N)C[C@@H](C2CCCCC2)C1. The van der Waals surface area contributed by atoms with Gasteiger partial charge in [-0.1, -0.05) is 32.1 Å². The molecular weight excluding hydrogens is 276 g/mol. The third-order valence-corrected chi connectivity index (χ3v) is 4.92. The summed E-state index contributed by atoms with van der Waals surface area (Å²) in [5.74, 6) is 1.57. The maximum atomic E-state index is 12.4. The van der Waals surface area contributed by atoms with E-state index in [1.165, 1.54) is 32.1 Å². The highest BCUT2D eigenvalue weighted by molar-refractivity contribution is 5.68. The number of likely N-dealkylation sites (tertiary alicyclic amines) is 1. The van der Waals surface area contributed by atoms with Gasteiger partial charge in [-0.05, 0) is 44.9 Å². The third-order valence-electron chi connectivity index (χ3n) is 4.92. The topological polar surface area (TPSA) is 53.3 Å². The summed E-state index contributed by atoms with van der Waals surface area (Å²) >= 11 is 0. The molecule has 2 rings (SSSR count). The van der Waals surface area contributed by atoms with Gasteiger partial charge in [0.05, 0.1) is 6.07 Å². The van der Waals surface area contributed by atoms with Crippen LogP contribution in [0.1, 0.15) is 65.7 Å². The average Bonchev–Trinajstić information content (AvgIpc) is 2.46. The third kappa shape index (κ3) is 4.90. The molecule has 2 aliphatic rings. The lowest BCUT2D eigenvalue weighted by molar-refractivity contribution is 0.00286. The fourth-order valence-corrected chi connectivity index (χ4v) is 3.95. The van der Waals surface area contributed by atoms with Crippen LogP contribution in [0, 0.1) is 29.1 Å². The van der Waals surface area contributed by atoms with Crippen LogP contribution in [0.15, 0.2) is 0 Å². The monoisotopic (exact) mass is 306 g/mol. The van der Waals surface area contributed by atoms with E-state index in [1.807, 2.05) is 25.7 Å². The predicted molar refractivity (Wildman–Crippen MR) is 86.2 cm³/mol. The van der Waals surface area contributed by atoms with Crippen LogP contribution in [0.5, 0.6) is 0 Å². The lowest BCUT2D eigenvalue weighted by Gasteiger charge is -2.41. The molecule has 1 saturated heterocycles. The van der Waals surface area contributed by atoms with Crippen molar-refractivity contribution >= 4 is 6.09 Å². The van der Waals surface area contributed by atoms with Gasteiger partial charge < -0.3 is 9.64 Å². The number of nitrogens with zero attached hydrogens (tertiary/aromatic N) is 2. The van der Waals surface area contributed by atoms with Crippen LogP contribution in [0.4, 0.5) is 4.79 Å². The Balaban J connectivity index is 2.02. The highest BCUT2D eigenvalue weighted by Crippen LogP contribution is 2.37. The predicted octanol–water partition coefficient (Wildman–Crippen LogP) is 4.35. The summed E-state index contributed by atoms with van der Waals surface area (Å²) in [4.78, 5) is 14.3. The van der Waals surface area contributed by atoms with Crippen molar-refractivity contribution < 1.29 is 9.53 Å². The van der Waals surface area contributed by atoms with Gasteiger partial charge in [-0.3, -0.25) is 0 Å². The number of rotatable bonds is 2. The Morgan fingerprint density at radius 2 is 1.86 bits per heavy atom. The molecule has 0 aromatic heterocycles. The summed E-state index contributed by atoms with van der Waals surface area (Å²) in [6, 6.07) is 2.29. The molecule has 4 nitrogen and oxygen atoms in total. The molecule has 4 heteroatoms. The van der Waals surface area contributed by atoms with Gasteiger partial charge in [0.2, 0.25) is 0 Å². The zero-order valence-electron chi connectivity index (χ0n) is 14.3. The maximum absolute atomic E-state index is 12.4. The second-order valence-electron chi connectivity index (χ2n) is 8.01. The van der Waals surface area contributed by atoms with Gasteiger partial charge >= 0.3 is 6.09 Å². The minimum atomic E-state index is -0.459. The van der Waals surface area contributed by atoms with Crippen molar-refractivity contribution in [2.45, 2.75) is 71.3 Å². The van der Waals surface area contributed by atoms with Gasteiger partial charge in [-0.2, -0.15) is 5.26 Å². The number of nitriles is 1. The second kappa shape index (κ2) is 7.35. The number of piperidine rings is 1. The number of carbonyl (C=O) groups excluding carboxylic acids is 1. The van der Waals surface area contributed by atoms with Crippen molar-refractivity contribution in [1.29, 1.82) is 5.26 Å². The quantitative estimate of drug-likeness (QED) is 0.762. The lowest BCUT2D eigenvalue weighted by Crippen LogP contribution is -2.47. The minimum absolute atomic E-state index is 0.212. The van der Waals surface area contributed by atoms with Gasteiger partial charge in [0, 0.05) is 19.5 Å². The lowest BCUT2D eigenvalue weighted by atomic mass is 9.74. The molecule has 0 spiro atoms. The van der Waals surface area contributed by atoms with Gasteiger partial charge in [0.15, 0.2) is 0 Å². The van der Waals surface area contributed by atoms with E-state index < -0.39 is 5.60 Å². The molecule has 22 heavy (non-hydrogen) atoms. The Kier molecular flexibility index (Phi) is 5.72. The zero-order chi connectivity index (χ0) is 16.2. The van der Waals surface area contributed by atoms with Crippen LogP contribution < -0.4 is 0 Å². The smallest absolute Gasteiger partial charge is 0.410 e. The van der Waals surface area contributed by atoms with Crippen LogP contribution >= 0.6 is 0 Å². The summed E-state index contributed by atoms with van der Waals surface area (Å²) in [7, 11) is 0. The molecule has 1 aliphatic heterocycles. The molecule has 124 valence electrons. The molecule has 0 radical (unpaired) electrons. The normalized spacial score (nSPS) is 27.3. The van der Waals surface area contributed by atoms with Crippen LogP contribution in [0.2, 0.25) is 0 Å². The summed E-state index contributed by atoms with van der Waals surface area (Å²) < 4.78 is 5.54. The Hall–Kier alpha value is -1.24. The summed E-state index contributed by atoms with van der Waals surface area (Å²) in [6.07, 6.45) is 7.97. The van der Waals surface area contributed by atoms with Crippen LogP contribution in [-0.4, -0.2) is 29.7 Å². The molecular formula is C18H30N2O2. The first-order valence-corrected chi connectivity index (χ1v) is 8.74. The molecule has 0 bridgehead atoms. The van der Waals surface area contributed by atoms with E-state index in [0.29, 0.717) is 24.8 Å². The van der Waals surface area contributed by atoms with E-state index in [0.717, 1.165) is 18.9 Å². The first kappa shape index (κ1) is 17.1. The highest BCUT2D eigenvalue weighted by Gasteiger charge is 2.36. The molecule has 1 aliphatic carbocycles. The Morgan fingerprint density at radius 3 is 2.45 bits per heavy atom. The van der Waals surface area contributed by atoms with Gasteiger partial charge in [-0.15, -0.1) is 0 Å². The zero-order valence-corrected chi connectivity index (χ0v) is 14.3. The van der Waals surface area contributed by atoms with Gasteiger partial charge in [0.1, 0.15) is 5.60 Å².